The summed E-state index contributed by atoms with van der Waals surface area (Å²) in [6.07, 6.45) is 1.60. The van der Waals surface area contributed by atoms with Crippen LogP contribution in [0.15, 0.2) is 36.5 Å². The number of hydrogen-bond donors (Lipinski definition) is 1. The monoisotopic (exact) mass is 246 g/mol. The van der Waals surface area contributed by atoms with Crippen molar-refractivity contribution in [1.29, 1.82) is 0 Å². The summed E-state index contributed by atoms with van der Waals surface area (Å²) in [6.45, 7) is 0.739. The molecule has 5 heteroatoms. The number of para-hydroxylation sites is 1. The van der Waals surface area contributed by atoms with E-state index in [-0.39, 0.29) is 5.91 Å². The molecule has 0 unspecified atom stereocenters. The molecule has 2 aromatic rings. The first-order valence-electron chi connectivity index (χ1n) is 5.58. The van der Waals surface area contributed by atoms with Crippen LogP contribution in [-0.2, 0) is 9.57 Å². The van der Waals surface area contributed by atoms with Crippen LogP contribution in [0.3, 0.4) is 0 Å². The van der Waals surface area contributed by atoms with E-state index in [9.17, 15) is 4.79 Å². The zero-order chi connectivity index (χ0) is 12.8. The van der Waals surface area contributed by atoms with E-state index in [0.29, 0.717) is 18.8 Å². The van der Waals surface area contributed by atoms with Crippen LogP contribution in [0.4, 0.5) is 0 Å². The Morgan fingerprint density at radius 2 is 2.11 bits per heavy atom. The van der Waals surface area contributed by atoms with E-state index in [2.05, 4.69) is 10.5 Å². The summed E-state index contributed by atoms with van der Waals surface area (Å²) in [7, 11) is 1.57. The van der Waals surface area contributed by atoms with E-state index in [1.165, 1.54) is 0 Å². The predicted octanol–water partition coefficient (Wildman–Crippen LogP) is 1.54. The molecule has 5 nitrogen and oxygen atoms in total. The first-order chi connectivity index (χ1) is 8.83. The van der Waals surface area contributed by atoms with Crippen LogP contribution in [0.1, 0.15) is 10.4 Å². The molecule has 2 rings (SSSR count). The van der Waals surface area contributed by atoms with Crippen molar-refractivity contribution in [2.75, 3.05) is 20.3 Å². The summed E-state index contributed by atoms with van der Waals surface area (Å²) >= 11 is 0. The summed E-state index contributed by atoms with van der Waals surface area (Å²) in [5.41, 5.74) is 3.70. The van der Waals surface area contributed by atoms with Gasteiger partial charge in [-0.15, -0.1) is 0 Å². The maximum atomic E-state index is 11.9. The number of nitrogens with zero attached hydrogens (tertiary/aromatic N) is 1. The number of benzene rings is 1. The van der Waals surface area contributed by atoms with Gasteiger partial charge >= 0.3 is 0 Å². The third-order valence-electron chi connectivity index (χ3n) is 2.45. The normalized spacial score (nSPS) is 10.5. The van der Waals surface area contributed by atoms with Crippen LogP contribution in [0.5, 0.6) is 0 Å². The molecule has 0 radical (unpaired) electrons. The molecule has 1 aromatic heterocycles. The fourth-order valence-corrected chi connectivity index (χ4v) is 1.59. The van der Waals surface area contributed by atoms with Crippen LogP contribution in [0.25, 0.3) is 10.9 Å². The summed E-state index contributed by atoms with van der Waals surface area (Å²) < 4.78 is 4.81. The smallest absolute Gasteiger partial charge is 0.275 e. The van der Waals surface area contributed by atoms with Crippen LogP contribution in [0, 0.1) is 0 Å². The van der Waals surface area contributed by atoms with E-state index in [0.717, 1.165) is 10.9 Å². The van der Waals surface area contributed by atoms with Gasteiger partial charge in [-0.05, 0) is 12.1 Å². The van der Waals surface area contributed by atoms with Gasteiger partial charge in [0.2, 0.25) is 0 Å². The lowest BCUT2D eigenvalue weighted by atomic mass is 10.1. The Labute approximate surface area is 105 Å². The number of amides is 1. The minimum absolute atomic E-state index is 0.287. The molecular weight excluding hydrogens is 232 g/mol. The Bertz CT molecular complexity index is 537. The Morgan fingerprint density at radius 3 is 2.94 bits per heavy atom. The third-order valence-corrected chi connectivity index (χ3v) is 2.45. The molecule has 1 amide bonds. The van der Waals surface area contributed by atoms with Crippen molar-refractivity contribution < 1.29 is 14.4 Å². The fourth-order valence-electron chi connectivity index (χ4n) is 1.59. The van der Waals surface area contributed by atoms with E-state index in [1.54, 1.807) is 19.4 Å². The van der Waals surface area contributed by atoms with Crippen molar-refractivity contribution in [3.05, 3.63) is 42.1 Å². The molecule has 94 valence electrons. The van der Waals surface area contributed by atoms with Gasteiger partial charge in [0, 0.05) is 18.7 Å². The summed E-state index contributed by atoms with van der Waals surface area (Å²) in [4.78, 5) is 21.1. The second kappa shape index (κ2) is 6.09. The van der Waals surface area contributed by atoms with Crippen molar-refractivity contribution in [2.24, 2.45) is 0 Å². The van der Waals surface area contributed by atoms with Crippen LogP contribution >= 0.6 is 0 Å². The zero-order valence-electron chi connectivity index (χ0n) is 10.1. The Morgan fingerprint density at radius 1 is 1.28 bits per heavy atom. The highest BCUT2D eigenvalue weighted by Gasteiger charge is 2.09. The molecule has 0 saturated carbocycles. The van der Waals surface area contributed by atoms with Crippen molar-refractivity contribution >= 4 is 16.8 Å². The molecule has 0 fully saturated rings. The maximum Gasteiger partial charge on any atom is 0.275 e. The van der Waals surface area contributed by atoms with Gasteiger partial charge in [-0.2, -0.15) is 0 Å². The van der Waals surface area contributed by atoms with Crippen molar-refractivity contribution in [2.45, 2.75) is 0 Å². The van der Waals surface area contributed by atoms with Crippen molar-refractivity contribution in [3.63, 3.8) is 0 Å². The fraction of sp³-hybridized carbons (Fsp3) is 0.231. The maximum absolute atomic E-state index is 11.9. The van der Waals surface area contributed by atoms with Crippen LogP contribution < -0.4 is 5.48 Å². The third kappa shape index (κ3) is 2.82. The number of rotatable bonds is 5. The highest BCUT2D eigenvalue weighted by molar-refractivity contribution is 6.05. The molecule has 0 bridgehead atoms. The topological polar surface area (TPSA) is 60.5 Å². The average Bonchev–Trinajstić information content (AvgIpc) is 2.43. The molecule has 0 aliphatic heterocycles. The number of nitrogens with one attached hydrogen (secondary N) is 1. The second-order valence-corrected chi connectivity index (χ2v) is 3.65. The molecule has 18 heavy (non-hydrogen) atoms. The zero-order valence-corrected chi connectivity index (χ0v) is 10.1. The molecule has 0 atom stereocenters. The summed E-state index contributed by atoms with van der Waals surface area (Å²) in [5, 5.41) is 0.799. The largest absolute Gasteiger partial charge is 0.382 e. The molecule has 0 aliphatic rings. The van der Waals surface area contributed by atoms with Gasteiger partial charge in [0.25, 0.3) is 5.91 Å². The molecule has 1 heterocycles. The van der Waals surface area contributed by atoms with Gasteiger partial charge in [-0.25, -0.2) is 5.48 Å². The van der Waals surface area contributed by atoms with E-state index < -0.39 is 0 Å². The first-order valence-corrected chi connectivity index (χ1v) is 5.58. The van der Waals surface area contributed by atoms with Gasteiger partial charge in [-0.3, -0.25) is 14.6 Å². The number of fused-ring (bicyclic) bond motifs is 1. The SMILES string of the molecule is COCCONC(=O)c1ccnc2ccccc12. The lowest BCUT2D eigenvalue weighted by Crippen LogP contribution is -2.25. The van der Waals surface area contributed by atoms with E-state index in [4.69, 9.17) is 9.57 Å². The Balaban J connectivity index is 2.13. The van der Waals surface area contributed by atoms with Gasteiger partial charge in [-0.1, -0.05) is 18.2 Å². The Hall–Kier alpha value is -1.98. The summed E-state index contributed by atoms with van der Waals surface area (Å²) in [6, 6.07) is 9.13. The standard InChI is InChI=1S/C13H14N2O3/c1-17-8-9-18-15-13(16)11-6-7-14-12-5-3-2-4-10(11)12/h2-7H,8-9H2,1H3,(H,15,16). The van der Waals surface area contributed by atoms with Gasteiger partial charge in [0.05, 0.1) is 24.3 Å². The number of aromatic nitrogens is 1. The molecule has 1 N–H and O–H groups in total. The van der Waals surface area contributed by atoms with Crippen LogP contribution in [-0.4, -0.2) is 31.2 Å². The van der Waals surface area contributed by atoms with Gasteiger partial charge < -0.3 is 4.74 Å². The van der Waals surface area contributed by atoms with E-state index in [1.807, 2.05) is 24.3 Å². The lowest BCUT2D eigenvalue weighted by Gasteiger charge is -2.07. The second-order valence-electron chi connectivity index (χ2n) is 3.65. The minimum Gasteiger partial charge on any atom is -0.382 e. The quantitative estimate of drug-likeness (QED) is 0.642. The number of methoxy groups -OCH3 is 1. The average molecular weight is 246 g/mol. The number of hydroxylamine groups is 1. The van der Waals surface area contributed by atoms with Crippen molar-refractivity contribution in [3.8, 4) is 0 Å². The molecule has 1 aromatic carbocycles. The van der Waals surface area contributed by atoms with Gasteiger partial charge in [0.15, 0.2) is 0 Å². The highest BCUT2D eigenvalue weighted by Crippen LogP contribution is 2.15. The first kappa shape index (κ1) is 12.5. The molecule has 0 spiro atoms. The minimum atomic E-state index is -0.287. The highest BCUT2D eigenvalue weighted by atomic mass is 16.7. The lowest BCUT2D eigenvalue weighted by molar-refractivity contribution is 0.00899. The number of carbonyl (C=O) groups excluding carboxylic acids is 1. The number of carbonyl (C=O) groups is 1. The molecule has 0 saturated heterocycles. The summed E-state index contributed by atoms with van der Waals surface area (Å²) in [5.74, 6) is -0.287. The number of pyridine rings is 1. The number of ether oxygens (including phenoxy) is 1. The Kier molecular flexibility index (Phi) is 4.22. The van der Waals surface area contributed by atoms with Crippen molar-refractivity contribution in [1.82, 2.24) is 10.5 Å². The van der Waals surface area contributed by atoms with Gasteiger partial charge in [0.1, 0.15) is 0 Å². The molecule has 0 aliphatic carbocycles. The number of hydrogen-bond acceptors (Lipinski definition) is 4. The van der Waals surface area contributed by atoms with E-state index >= 15 is 0 Å². The predicted molar refractivity (Wildman–Crippen MR) is 67.0 cm³/mol. The molecular formula is C13H14N2O3. The van der Waals surface area contributed by atoms with Crippen LogP contribution in [0.2, 0.25) is 0 Å².